The first-order valence-corrected chi connectivity index (χ1v) is 9.43. The Morgan fingerprint density at radius 2 is 1.72 bits per heavy atom. The highest BCUT2D eigenvalue weighted by Crippen LogP contribution is 2.24. The molecule has 0 unspecified atom stereocenters. The number of quaternary nitrogens is 1. The van der Waals surface area contributed by atoms with Crippen LogP contribution in [0.3, 0.4) is 0 Å². The molecule has 0 bridgehead atoms. The van der Waals surface area contributed by atoms with Crippen molar-refractivity contribution in [2.75, 3.05) is 6.54 Å². The largest absolute Gasteiger partial charge is 0.345 e. The first-order valence-electron chi connectivity index (χ1n) is 9.43. The average molecular weight is 337 g/mol. The molecule has 25 heavy (non-hydrogen) atoms. The van der Waals surface area contributed by atoms with E-state index >= 15 is 0 Å². The minimum Gasteiger partial charge on any atom is -0.345 e. The van der Waals surface area contributed by atoms with Gasteiger partial charge in [0.2, 0.25) is 0 Å². The maximum absolute atomic E-state index is 12.3. The SMILES string of the molecule is C[C@H](NC(=O)C[NH2+][C@@H](C)c1ccccc1)c1ccc2c(c1)CCCC2. The number of amides is 1. The molecular weight excluding hydrogens is 308 g/mol. The number of nitrogens with one attached hydrogen (secondary N) is 1. The van der Waals surface area contributed by atoms with Gasteiger partial charge in [0.05, 0.1) is 6.04 Å². The van der Waals surface area contributed by atoms with Crippen LogP contribution < -0.4 is 10.6 Å². The number of aryl methyl sites for hydroxylation is 2. The van der Waals surface area contributed by atoms with E-state index in [1.807, 2.05) is 18.2 Å². The fourth-order valence-electron chi connectivity index (χ4n) is 3.58. The first kappa shape index (κ1) is 17.7. The lowest BCUT2D eigenvalue weighted by Gasteiger charge is -2.20. The van der Waals surface area contributed by atoms with Gasteiger partial charge in [-0.05, 0) is 56.2 Å². The third-order valence-electron chi connectivity index (χ3n) is 5.23. The number of nitrogens with two attached hydrogens (primary N) is 1. The van der Waals surface area contributed by atoms with Gasteiger partial charge in [0.15, 0.2) is 6.54 Å². The molecule has 1 amide bonds. The zero-order valence-electron chi connectivity index (χ0n) is 15.3. The monoisotopic (exact) mass is 337 g/mol. The van der Waals surface area contributed by atoms with E-state index in [2.05, 4.69) is 54.8 Å². The summed E-state index contributed by atoms with van der Waals surface area (Å²) in [6, 6.07) is 17.4. The van der Waals surface area contributed by atoms with Crippen molar-refractivity contribution in [3.8, 4) is 0 Å². The van der Waals surface area contributed by atoms with E-state index in [0.717, 1.165) is 0 Å². The Kier molecular flexibility index (Phi) is 5.87. The number of hydrogen-bond donors (Lipinski definition) is 2. The summed E-state index contributed by atoms with van der Waals surface area (Å²) in [4.78, 5) is 12.3. The van der Waals surface area contributed by atoms with Crippen molar-refractivity contribution < 1.29 is 10.1 Å². The Bertz CT molecular complexity index is 711. The van der Waals surface area contributed by atoms with Gasteiger partial charge in [0.25, 0.3) is 5.91 Å². The summed E-state index contributed by atoms with van der Waals surface area (Å²) in [6.07, 6.45) is 4.95. The normalized spacial score (nSPS) is 15.9. The summed E-state index contributed by atoms with van der Waals surface area (Å²) in [5.74, 6) is 0.0907. The van der Waals surface area contributed by atoms with E-state index in [4.69, 9.17) is 0 Å². The van der Waals surface area contributed by atoms with Gasteiger partial charge < -0.3 is 10.6 Å². The van der Waals surface area contributed by atoms with Gasteiger partial charge in [0, 0.05) is 5.56 Å². The lowest BCUT2D eigenvalue weighted by Crippen LogP contribution is -2.87. The van der Waals surface area contributed by atoms with Crippen LogP contribution in [0.5, 0.6) is 0 Å². The quantitative estimate of drug-likeness (QED) is 0.836. The second-order valence-electron chi connectivity index (χ2n) is 7.16. The fraction of sp³-hybridized carbons (Fsp3) is 0.409. The van der Waals surface area contributed by atoms with Crippen molar-refractivity contribution in [2.45, 2.75) is 51.6 Å². The molecule has 1 aliphatic rings. The van der Waals surface area contributed by atoms with Crippen LogP contribution in [0.1, 0.15) is 61.0 Å². The van der Waals surface area contributed by atoms with E-state index in [0.29, 0.717) is 6.54 Å². The third kappa shape index (κ3) is 4.70. The summed E-state index contributed by atoms with van der Waals surface area (Å²) in [7, 11) is 0. The lowest BCUT2D eigenvalue weighted by atomic mass is 9.89. The molecule has 2 aromatic rings. The van der Waals surface area contributed by atoms with Gasteiger partial charge in [-0.25, -0.2) is 0 Å². The standard InChI is InChI=1S/C22H28N2O/c1-16(18-8-4-3-5-9-18)23-15-22(25)24-17(2)20-13-12-19-10-6-7-11-21(19)14-20/h3-5,8-9,12-14,16-17,23H,6-7,10-11,15H2,1-2H3,(H,24,25)/p+1/t16-,17-/m0/s1. The van der Waals surface area contributed by atoms with Gasteiger partial charge in [-0.15, -0.1) is 0 Å². The zero-order chi connectivity index (χ0) is 17.6. The van der Waals surface area contributed by atoms with Crippen molar-refractivity contribution in [2.24, 2.45) is 0 Å². The number of hydrogen-bond acceptors (Lipinski definition) is 1. The second kappa shape index (κ2) is 8.30. The van der Waals surface area contributed by atoms with Crippen LogP contribution in [-0.4, -0.2) is 12.5 Å². The number of carbonyl (C=O) groups excluding carboxylic acids is 1. The molecule has 0 saturated heterocycles. The van der Waals surface area contributed by atoms with Gasteiger partial charge in [-0.2, -0.15) is 0 Å². The molecule has 3 N–H and O–H groups in total. The molecule has 1 aliphatic carbocycles. The van der Waals surface area contributed by atoms with E-state index in [-0.39, 0.29) is 18.0 Å². The van der Waals surface area contributed by atoms with E-state index in [1.165, 1.54) is 47.9 Å². The van der Waals surface area contributed by atoms with Gasteiger partial charge in [-0.1, -0.05) is 48.5 Å². The molecular formula is C22H29N2O+. The predicted octanol–water partition coefficient (Wildman–Crippen LogP) is 3.07. The molecule has 0 saturated carbocycles. The summed E-state index contributed by atoms with van der Waals surface area (Å²) < 4.78 is 0. The van der Waals surface area contributed by atoms with E-state index < -0.39 is 0 Å². The van der Waals surface area contributed by atoms with Crippen LogP contribution in [0.4, 0.5) is 0 Å². The number of rotatable bonds is 6. The van der Waals surface area contributed by atoms with Crippen molar-refractivity contribution in [1.82, 2.24) is 5.32 Å². The Labute approximate surface area is 150 Å². The van der Waals surface area contributed by atoms with Crippen molar-refractivity contribution in [1.29, 1.82) is 0 Å². The Balaban J connectivity index is 1.52. The maximum Gasteiger partial charge on any atom is 0.275 e. The molecule has 0 aliphatic heterocycles. The molecule has 3 rings (SSSR count). The average Bonchev–Trinajstić information content (AvgIpc) is 2.66. The molecule has 0 radical (unpaired) electrons. The molecule has 0 aromatic heterocycles. The zero-order valence-corrected chi connectivity index (χ0v) is 15.3. The Hall–Kier alpha value is -2.13. The smallest absolute Gasteiger partial charge is 0.275 e. The summed E-state index contributed by atoms with van der Waals surface area (Å²) in [5.41, 5.74) is 5.41. The van der Waals surface area contributed by atoms with Crippen molar-refractivity contribution >= 4 is 5.91 Å². The van der Waals surface area contributed by atoms with Gasteiger partial charge in [-0.3, -0.25) is 4.79 Å². The minimum atomic E-state index is 0.0557. The Morgan fingerprint density at radius 1 is 1.00 bits per heavy atom. The highest BCUT2D eigenvalue weighted by Gasteiger charge is 2.16. The lowest BCUT2D eigenvalue weighted by molar-refractivity contribution is -0.682. The molecule has 0 fully saturated rings. The Morgan fingerprint density at radius 3 is 2.48 bits per heavy atom. The predicted molar refractivity (Wildman–Crippen MR) is 101 cm³/mol. The van der Waals surface area contributed by atoms with Gasteiger partial charge in [0.1, 0.15) is 6.04 Å². The van der Waals surface area contributed by atoms with E-state index in [1.54, 1.807) is 0 Å². The third-order valence-corrected chi connectivity index (χ3v) is 5.23. The highest BCUT2D eigenvalue weighted by molar-refractivity contribution is 5.77. The number of carbonyl (C=O) groups is 1. The summed E-state index contributed by atoms with van der Waals surface area (Å²) in [6.45, 7) is 4.66. The number of fused-ring (bicyclic) bond motifs is 1. The van der Waals surface area contributed by atoms with Crippen LogP contribution in [0.15, 0.2) is 48.5 Å². The van der Waals surface area contributed by atoms with Crippen LogP contribution in [0, 0.1) is 0 Å². The van der Waals surface area contributed by atoms with Crippen LogP contribution in [0.25, 0.3) is 0 Å². The van der Waals surface area contributed by atoms with E-state index in [9.17, 15) is 4.79 Å². The molecule has 0 spiro atoms. The summed E-state index contributed by atoms with van der Waals surface area (Å²) in [5, 5.41) is 5.23. The maximum atomic E-state index is 12.3. The molecule has 2 atom stereocenters. The first-order chi connectivity index (χ1) is 12.1. The summed E-state index contributed by atoms with van der Waals surface area (Å²) >= 11 is 0. The number of benzene rings is 2. The molecule has 3 nitrogen and oxygen atoms in total. The van der Waals surface area contributed by atoms with Crippen molar-refractivity contribution in [3.63, 3.8) is 0 Å². The fourth-order valence-corrected chi connectivity index (χ4v) is 3.58. The highest BCUT2D eigenvalue weighted by atomic mass is 16.1. The minimum absolute atomic E-state index is 0.0557. The van der Waals surface area contributed by atoms with Crippen LogP contribution >= 0.6 is 0 Å². The van der Waals surface area contributed by atoms with Crippen molar-refractivity contribution in [3.05, 3.63) is 70.8 Å². The molecule has 2 aromatic carbocycles. The van der Waals surface area contributed by atoms with Crippen LogP contribution in [0.2, 0.25) is 0 Å². The molecule has 0 heterocycles. The topological polar surface area (TPSA) is 45.7 Å². The van der Waals surface area contributed by atoms with Gasteiger partial charge >= 0.3 is 0 Å². The molecule has 132 valence electrons. The van der Waals surface area contributed by atoms with Crippen LogP contribution in [-0.2, 0) is 17.6 Å². The second-order valence-corrected chi connectivity index (χ2v) is 7.16. The molecule has 3 heteroatoms.